The number of halogens is 1. The monoisotopic (exact) mass is 359 g/mol. The molecule has 2 atom stereocenters. The van der Waals surface area contributed by atoms with Crippen LogP contribution >= 0.6 is 23.7 Å². The molecule has 1 aromatic rings. The molecule has 2 aliphatic rings. The van der Waals surface area contributed by atoms with Crippen LogP contribution in [-0.2, 0) is 22.4 Å². The predicted octanol–water partition coefficient (Wildman–Crippen LogP) is 2.91. The summed E-state index contributed by atoms with van der Waals surface area (Å²) in [5.41, 5.74) is 6.29. The van der Waals surface area contributed by atoms with Crippen molar-refractivity contribution in [3.63, 3.8) is 0 Å². The van der Waals surface area contributed by atoms with E-state index in [0.717, 1.165) is 18.5 Å². The van der Waals surface area contributed by atoms with Gasteiger partial charge in [-0.05, 0) is 32.6 Å². The molecule has 0 spiro atoms. The van der Waals surface area contributed by atoms with Crippen LogP contribution in [0.1, 0.15) is 50.6 Å². The van der Waals surface area contributed by atoms with E-state index >= 15 is 0 Å². The summed E-state index contributed by atoms with van der Waals surface area (Å²) < 4.78 is 5.68. The molecule has 3 N–H and O–H groups in total. The smallest absolute Gasteiger partial charge is 0.246 e. The van der Waals surface area contributed by atoms with Gasteiger partial charge in [0.2, 0.25) is 5.91 Å². The largest absolute Gasteiger partial charge is 0.378 e. The highest BCUT2D eigenvalue weighted by Crippen LogP contribution is 2.50. The Kier molecular flexibility index (Phi) is 5.41. The van der Waals surface area contributed by atoms with E-state index in [1.807, 2.05) is 20.8 Å². The van der Waals surface area contributed by atoms with Crippen LogP contribution in [0.25, 0.3) is 0 Å². The van der Waals surface area contributed by atoms with Gasteiger partial charge < -0.3 is 15.8 Å². The van der Waals surface area contributed by atoms with Crippen LogP contribution in [0.5, 0.6) is 0 Å². The third-order valence-electron chi connectivity index (χ3n) is 5.30. The minimum Gasteiger partial charge on any atom is -0.378 e. The molecule has 1 saturated carbocycles. The van der Waals surface area contributed by atoms with E-state index in [9.17, 15) is 4.79 Å². The van der Waals surface area contributed by atoms with Gasteiger partial charge in [0.05, 0.1) is 11.8 Å². The van der Waals surface area contributed by atoms with E-state index in [2.05, 4.69) is 10.3 Å². The third kappa shape index (κ3) is 3.02. The topological polar surface area (TPSA) is 77.2 Å². The Morgan fingerprint density at radius 3 is 2.74 bits per heavy atom. The lowest BCUT2D eigenvalue weighted by Gasteiger charge is -2.57. The Hall–Kier alpha value is -0.690. The molecule has 0 aliphatic heterocycles. The number of hydrogen-bond donors (Lipinski definition) is 2. The SMILES string of the molecule is CCOC1CC(N)(C(=O)Nc2nc3c(s2)CCCC3)C1(C)C.Cl. The first-order valence-electron chi connectivity index (χ1n) is 8.09. The zero-order chi connectivity index (χ0) is 16.0. The summed E-state index contributed by atoms with van der Waals surface area (Å²) in [6.45, 7) is 6.62. The Morgan fingerprint density at radius 1 is 1.43 bits per heavy atom. The fourth-order valence-electron chi connectivity index (χ4n) is 3.43. The second-order valence-electron chi connectivity index (χ2n) is 6.89. The Balaban J connectivity index is 0.00000192. The highest BCUT2D eigenvalue weighted by atomic mass is 35.5. The number of nitrogens with zero attached hydrogens (tertiary/aromatic N) is 1. The van der Waals surface area contributed by atoms with Crippen LogP contribution in [0.15, 0.2) is 0 Å². The average Bonchev–Trinajstić information content (AvgIpc) is 2.88. The van der Waals surface area contributed by atoms with Crippen LogP contribution in [0.2, 0.25) is 0 Å². The minimum absolute atomic E-state index is 0. The van der Waals surface area contributed by atoms with Crippen molar-refractivity contribution in [1.29, 1.82) is 0 Å². The van der Waals surface area contributed by atoms with Gasteiger partial charge >= 0.3 is 0 Å². The molecule has 7 heteroatoms. The average molecular weight is 360 g/mol. The van der Waals surface area contributed by atoms with E-state index in [4.69, 9.17) is 10.5 Å². The zero-order valence-electron chi connectivity index (χ0n) is 14.0. The van der Waals surface area contributed by atoms with Crippen molar-refractivity contribution in [3.8, 4) is 0 Å². The number of amides is 1. The van der Waals surface area contributed by atoms with Gasteiger partial charge in [0.25, 0.3) is 0 Å². The van der Waals surface area contributed by atoms with Crippen LogP contribution in [0.4, 0.5) is 5.13 Å². The Labute approximate surface area is 147 Å². The molecule has 0 bridgehead atoms. The Bertz CT molecular complexity index is 566. The number of aromatic nitrogens is 1. The standard InChI is InChI=1S/C16H25N3O2S.ClH/c1-4-21-12-9-16(17,15(12,2)3)13(20)19-14-18-10-7-5-6-8-11(10)22-14;/h12H,4-9,17H2,1-3H3,(H,18,19,20);1H. The molecule has 0 aromatic carbocycles. The molecule has 23 heavy (non-hydrogen) atoms. The maximum atomic E-state index is 12.7. The lowest BCUT2D eigenvalue weighted by Crippen LogP contribution is -2.74. The lowest BCUT2D eigenvalue weighted by atomic mass is 9.54. The van der Waals surface area contributed by atoms with Crippen LogP contribution < -0.4 is 11.1 Å². The number of nitrogens with two attached hydrogens (primary N) is 1. The van der Waals surface area contributed by atoms with Gasteiger partial charge in [-0.15, -0.1) is 23.7 Å². The minimum atomic E-state index is -0.890. The zero-order valence-corrected chi connectivity index (χ0v) is 15.6. The van der Waals surface area contributed by atoms with Gasteiger partial charge in [-0.3, -0.25) is 4.79 Å². The van der Waals surface area contributed by atoms with Crippen molar-refractivity contribution in [2.24, 2.45) is 11.1 Å². The first-order chi connectivity index (χ1) is 10.4. The van der Waals surface area contributed by atoms with Gasteiger partial charge in [0, 0.05) is 23.3 Å². The molecule has 1 heterocycles. The molecule has 3 rings (SSSR count). The number of carbonyl (C=O) groups is 1. The molecule has 0 saturated heterocycles. The maximum Gasteiger partial charge on any atom is 0.246 e. The summed E-state index contributed by atoms with van der Waals surface area (Å²) in [6, 6.07) is 0. The third-order valence-corrected chi connectivity index (χ3v) is 6.37. The lowest BCUT2D eigenvalue weighted by molar-refractivity contribution is -0.166. The number of ether oxygens (including phenoxy) is 1. The molecule has 5 nitrogen and oxygen atoms in total. The molecule has 1 aromatic heterocycles. The molecule has 1 amide bonds. The molecule has 1 fully saturated rings. The van der Waals surface area contributed by atoms with Gasteiger partial charge in [0.1, 0.15) is 5.54 Å². The van der Waals surface area contributed by atoms with E-state index < -0.39 is 5.54 Å². The summed E-state index contributed by atoms with van der Waals surface area (Å²) in [4.78, 5) is 18.5. The van der Waals surface area contributed by atoms with Gasteiger partial charge in [-0.1, -0.05) is 13.8 Å². The number of thiazole rings is 1. The quantitative estimate of drug-likeness (QED) is 0.866. The molecular formula is C16H26ClN3O2S. The van der Waals surface area contributed by atoms with Crippen molar-refractivity contribution in [1.82, 2.24) is 4.98 Å². The summed E-state index contributed by atoms with van der Waals surface area (Å²) in [5.74, 6) is -0.139. The fraction of sp³-hybridized carbons (Fsp3) is 0.750. The number of nitrogens with one attached hydrogen (secondary N) is 1. The van der Waals surface area contributed by atoms with E-state index in [-0.39, 0.29) is 29.8 Å². The van der Waals surface area contributed by atoms with Gasteiger partial charge in [0.15, 0.2) is 5.13 Å². The summed E-state index contributed by atoms with van der Waals surface area (Å²) >= 11 is 1.60. The Morgan fingerprint density at radius 2 is 2.13 bits per heavy atom. The number of aryl methyl sites for hydroxylation is 2. The van der Waals surface area contributed by atoms with Crippen molar-refractivity contribution >= 4 is 34.8 Å². The number of rotatable bonds is 4. The fourth-order valence-corrected chi connectivity index (χ4v) is 4.48. The summed E-state index contributed by atoms with van der Waals surface area (Å²) in [6.07, 6.45) is 5.10. The van der Waals surface area contributed by atoms with Crippen molar-refractivity contribution in [3.05, 3.63) is 10.6 Å². The van der Waals surface area contributed by atoms with E-state index in [1.54, 1.807) is 11.3 Å². The highest BCUT2D eigenvalue weighted by Gasteiger charge is 2.63. The van der Waals surface area contributed by atoms with Crippen molar-refractivity contribution in [2.45, 2.75) is 64.5 Å². The molecule has 2 aliphatic carbocycles. The van der Waals surface area contributed by atoms with Crippen molar-refractivity contribution < 1.29 is 9.53 Å². The molecule has 130 valence electrons. The van der Waals surface area contributed by atoms with Crippen LogP contribution in [0.3, 0.4) is 0 Å². The first kappa shape index (κ1) is 18.6. The van der Waals surface area contributed by atoms with E-state index in [0.29, 0.717) is 18.2 Å². The number of carbonyl (C=O) groups excluding carboxylic acids is 1. The van der Waals surface area contributed by atoms with Crippen molar-refractivity contribution in [2.75, 3.05) is 11.9 Å². The summed E-state index contributed by atoms with van der Waals surface area (Å²) in [5, 5.41) is 3.64. The van der Waals surface area contributed by atoms with Crippen LogP contribution in [0, 0.1) is 5.41 Å². The number of fused-ring (bicyclic) bond motifs is 1. The highest BCUT2D eigenvalue weighted by molar-refractivity contribution is 7.15. The number of hydrogen-bond acceptors (Lipinski definition) is 5. The van der Waals surface area contributed by atoms with E-state index in [1.165, 1.54) is 17.7 Å². The molecule has 0 radical (unpaired) electrons. The van der Waals surface area contributed by atoms with Gasteiger partial charge in [-0.25, -0.2) is 4.98 Å². The second kappa shape index (κ2) is 6.67. The normalized spacial score (nSPS) is 28.3. The van der Waals surface area contributed by atoms with Gasteiger partial charge in [-0.2, -0.15) is 0 Å². The number of anilines is 1. The molecule has 2 unspecified atom stereocenters. The second-order valence-corrected chi connectivity index (χ2v) is 7.97. The molecular weight excluding hydrogens is 334 g/mol. The first-order valence-corrected chi connectivity index (χ1v) is 8.90. The predicted molar refractivity (Wildman–Crippen MR) is 95.4 cm³/mol. The summed E-state index contributed by atoms with van der Waals surface area (Å²) in [7, 11) is 0. The van der Waals surface area contributed by atoms with Crippen LogP contribution in [-0.4, -0.2) is 29.1 Å². The maximum absolute atomic E-state index is 12.7.